The van der Waals surface area contributed by atoms with E-state index in [0.29, 0.717) is 0 Å². The molecule has 0 saturated heterocycles. The van der Waals surface area contributed by atoms with Crippen molar-refractivity contribution < 1.29 is 9.53 Å². The molecule has 17 heavy (non-hydrogen) atoms. The van der Waals surface area contributed by atoms with Crippen molar-refractivity contribution >= 4 is 6.09 Å². The second-order valence-corrected chi connectivity index (χ2v) is 4.24. The first kappa shape index (κ1) is 13.3. The van der Waals surface area contributed by atoms with Gasteiger partial charge in [-0.05, 0) is 19.4 Å². The van der Waals surface area contributed by atoms with Crippen LogP contribution in [0.15, 0.2) is 43.0 Å². The molecule has 0 heterocycles. The highest BCUT2D eigenvalue weighted by Gasteiger charge is 2.13. The molecule has 0 aliphatic rings. The Morgan fingerprint density at radius 3 is 2.65 bits per heavy atom. The van der Waals surface area contributed by atoms with E-state index in [1.54, 1.807) is 6.08 Å². The fourth-order valence-corrected chi connectivity index (χ4v) is 1.02. The predicted molar refractivity (Wildman–Crippen MR) is 67.2 cm³/mol. The normalized spacial score (nSPS) is 10.7. The van der Waals surface area contributed by atoms with E-state index in [0.717, 1.165) is 5.56 Å². The number of hydrazine groups is 1. The van der Waals surface area contributed by atoms with Gasteiger partial charge in [0.1, 0.15) is 6.61 Å². The van der Waals surface area contributed by atoms with E-state index in [-0.39, 0.29) is 12.1 Å². The van der Waals surface area contributed by atoms with Crippen LogP contribution in [-0.4, -0.2) is 11.6 Å². The van der Waals surface area contributed by atoms with Crippen LogP contribution in [0.1, 0.15) is 19.4 Å². The minimum atomic E-state index is -0.510. The molecule has 1 aromatic carbocycles. The number of nitrogens with one attached hydrogen (secondary N) is 2. The average molecular weight is 234 g/mol. The monoisotopic (exact) mass is 234 g/mol. The van der Waals surface area contributed by atoms with E-state index in [4.69, 9.17) is 4.74 Å². The van der Waals surface area contributed by atoms with Crippen LogP contribution in [0, 0.1) is 0 Å². The number of rotatable bonds is 5. The second kappa shape index (κ2) is 6.06. The van der Waals surface area contributed by atoms with E-state index in [9.17, 15) is 4.79 Å². The van der Waals surface area contributed by atoms with E-state index in [1.807, 2.05) is 44.2 Å². The molecule has 0 unspecified atom stereocenters. The van der Waals surface area contributed by atoms with Gasteiger partial charge in [0.15, 0.2) is 0 Å². The smallest absolute Gasteiger partial charge is 0.421 e. The summed E-state index contributed by atoms with van der Waals surface area (Å²) >= 11 is 0. The van der Waals surface area contributed by atoms with Crippen molar-refractivity contribution in [3.8, 4) is 0 Å². The van der Waals surface area contributed by atoms with Crippen LogP contribution in [0.5, 0.6) is 0 Å². The van der Waals surface area contributed by atoms with Crippen LogP contribution in [-0.2, 0) is 11.3 Å². The van der Waals surface area contributed by atoms with Gasteiger partial charge in [-0.15, -0.1) is 6.58 Å². The minimum Gasteiger partial charge on any atom is -0.444 e. The fraction of sp³-hybridized carbons (Fsp3) is 0.308. The Morgan fingerprint density at radius 1 is 1.41 bits per heavy atom. The zero-order valence-corrected chi connectivity index (χ0v) is 10.2. The first-order valence-corrected chi connectivity index (χ1v) is 5.41. The zero-order valence-electron chi connectivity index (χ0n) is 10.2. The third-order valence-electron chi connectivity index (χ3n) is 2.21. The van der Waals surface area contributed by atoms with Gasteiger partial charge in [-0.25, -0.2) is 10.2 Å². The molecular weight excluding hydrogens is 216 g/mol. The first-order valence-electron chi connectivity index (χ1n) is 5.41. The fourth-order valence-electron chi connectivity index (χ4n) is 1.02. The Morgan fingerprint density at radius 2 is 2.06 bits per heavy atom. The Labute approximate surface area is 102 Å². The third kappa shape index (κ3) is 5.17. The van der Waals surface area contributed by atoms with Gasteiger partial charge in [0, 0.05) is 5.54 Å². The summed E-state index contributed by atoms with van der Waals surface area (Å²) in [5.74, 6) is 0. The predicted octanol–water partition coefficient (Wildman–Crippen LogP) is 2.38. The number of benzene rings is 1. The highest BCUT2D eigenvalue weighted by atomic mass is 16.6. The van der Waals surface area contributed by atoms with Crippen molar-refractivity contribution in [3.63, 3.8) is 0 Å². The molecule has 1 rings (SSSR count). The van der Waals surface area contributed by atoms with Crippen molar-refractivity contribution in [2.45, 2.75) is 26.0 Å². The van der Waals surface area contributed by atoms with Crippen molar-refractivity contribution in [2.75, 3.05) is 0 Å². The van der Waals surface area contributed by atoms with Gasteiger partial charge >= 0.3 is 6.09 Å². The first-order chi connectivity index (χ1) is 8.03. The number of ether oxygens (including phenoxy) is 1. The maximum atomic E-state index is 11.3. The molecule has 1 aromatic rings. The molecule has 0 aliphatic heterocycles. The summed E-state index contributed by atoms with van der Waals surface area (Å²) in [7, 11) is 0. The Balaban J connectivity index is 2.29. The second-order valence-electron chi connectivity index (χ2n) is 4.24. The molecule has 92 valence electrons. The zero-order chi connectivity index (χ0) is 12.7. The molecule has 0 bridgehead atoms. The van der Waals surface area contributed by atoms with Gasteiger partial charge in [-0.3, -0.25) is 5.43 Å². The van der Waals surface area contributed by atoms with E-state index in [1.165, 1.54) is 0 Å². The topological polar surface area (TPSA) is 50.4 Å². The maximum absolute atomic E-state index is 11.3. The van der Waals surface area contributed by atoms with Crippen LogP contribution in [0.2, 0.25) is 0 Å². The Bertz CT molecular complexity index is 374. The highest BCUT2D eigenvalue weighted by molar-refractivity contribution is 5.66. The van der Waals surface area contributed by atoms with Gasteiger partial charge in [0.05, 0.1) is 0 Å². The lowest BCUT2D eigenvalue weighted by atomic mass is 10.1. The van der Waals surface area contributed by atoms with Gasteiger partial charge < -0.3 is 4.74 Å². The molecular formula is C13H18N2O2. The van der Waals surface area contributed by atoms with Crippen LogP contribution in [0.3, 0.4) is 0 Å². The minimum absolute atomic E-state index is 0.253. The van der Waals surface area contributed by atoms with Crippen LogP contribution < -0.4 is 10.9 Å². The summed E-state index contributed by atoms with van der Waals surface area (Å²) in [6.07, 6.45) is 1.19. The van der Waals surface area contributed by atoms with E-state index < -0.39 is 6.09 Å². The van der Waals surface area contributed by atoms with E-state index in [2.05, 4.69) is 17.4 Å². The van der Waals surface area contributed by atoms with Gasteiger partial charge in [0.2, 0.25) is 0 Å². The molecule has 2 N–H and O–H groups in total. The van der Waals surface area contributed by atoms with Crippen molar-refractivity contribution in [2.24, 2.45) is 0 Å². The molecule has 0 aliphatic carbocycles. The summed E-state index contributed by atoms with van der Waals surface area (Å²) in [6.45, 7) is 7.67. The number of amides is 1. The quantitative estimate of drug-likeness (QED) is 0.607. The van der Waals surface area contributed by atoms with Crippen molar-refractivity contribution in [3.05, 3.63) is 48.6 Å². The molecule has 4 nitrogen and oxygen atoms in total. The summed E-state index contributed by atoms with van der Waals surface area (Å²) in [5.41, 5.74) is 5.84. The lowest BCUT2D eigenvalue weighted by Crippen LogP contribution is -2.49. The summed E-state index contributed by atoms with van der Waals surface area (Å²) in [5, 5.41) is 0. The van der Waals surface area contributed by atoms with Crippen molar-refractivity contribution in [1.82, 2.24) is 10.9 Å². The largest absolute Gasteiger partial charge is 0.444 e. The number of hydrogen-bond acceptors (Lipinski definition) is 3. The molecule has 0 radical (unpaired) electrons. The lowest BCUT2D eigenvalue weighted by molar-refractivity contribution is 0.131. The number of carbonyl (C=O) groups is 1. The SMILES string of the molecule is C=CC(C)(C)NNC(=O)OCc1ccccc1. The van der Waals surface area contributed by atoms with Crippen LogP contribution in [0.25, 0.3) is 0 Å². The maximum Gasteiger partial charge on any atom is 0.421 e. The number of hydrogen-bond donors (Lipinski definition) is 2. The van der Waals surface area contributed by atoms with Gasteiger partial charge in [-0.1, -0.05) is 36.4 Å². The Kier molecular flexibility index (Phi) is 4.72. The summed E-state index contributed by atoms with van der Waals surface area (Å²) < 4.78 is 5.02. The molecule has 0 saturated carbocycles. The summed E-state index contributed by atoms with van der Waals surface area (Å²) in [6, 6.07) is 9.51. The summed E-state index contributed by atoms with van der Waals surface area (Å²) in [4.78, 5) is 11.3. The molecule has 0 atom stereocenters. The molecule has 0 spiro atoms. The number of carbonyl (C=O) groups excluding carboxylic acids is 1. The molecule has 4 heteroatoms. The Hall–Kier alpha value is -1.81. The van der Waals surface area contributed by atoms with Gasteiger partial charge in [0.25, 0.3) is 0 Å². The molecule has 0 aromatic heterocycles. The molecule has 1 amide bonds. The standard InChI is InChI=1S/C13H18N2O2/c1-4-13(2,3)15-14-12(16)17-10-11-8-6-5-7-9-11/h4-9,15H,1,10H2,2-3H3,(H,14,16). The van der Waals surface area contributed by atoms with Gasteiger partial charge in [-0.2, -0.15) is 0 Å². The highest BCUT2D eigenvalue weighted by Crippen LogP contribution is 2.02. The van der Waals surface area contributed by atoms with Crippen molar-refractivity contribution in [1.29, 1.82) is 0 Å². The van der Waals surface area contributed by atoms with Crippen LogP contribution in [0.4, 0.5) is 4.79 Å². The van der Waals surface area contributed by atoms with Crippen LogP contribution >= 0.6 is 0 Å². The molecule has 0 fully saturated rings. The third-order valence-corrected chi connectivity index (χ3v) is 2.21. The van der Waals surface area contributed by atoms with E-state index >= 15 is 0 Å². The lowest BCUT2D eigenvalue weighted by Gasteiger charge is -2.21. The average Bonchev–Trinajstić information content (AvgIpc) is 2.35.